The van der Waals surface area contributed by atoms with Crippen molar-refractivity contribution in [2.75, 3.05) is 13.1 Å². The molecule has 2 N–H and O–H groups in total. The third-order valence-electron chi connectivity index (χ3n) is 5.38. The molecule has 2 saturated heterocycles. The van der Waals surface area contributed by atoms with Crippen molar-refractivity contribution in [1.82, 2.24) is 15.5 Å². The van der Waals surface area contributed by atoms with Crippen LogP contribution in [0.3, 0.4) is 0 Å². The second kappa shape index (κ2) is 7.27. The van der Waals surface area contributed by atoms with Crippen LogP contribution in [0, 0.1) is 5.92 Å². The van der Waals surface area contributed by atoms with Crippen LogP contribution in [0.5, 0.6) is 0 Å². The number of nitrogens with one attached hydrogen (secondary N) is 2. The Morgan fingerprint density at radius 1 is 1.35 bits per heavy atom. The number of benzene rings is 1. The van der Waals surface area contributed by atoms with E-state index < -0.39 is 11.6 Å². The van der Waals surface area contributed by atoms with Gasteiger partial charge in [0.15, 0.2) is 0 Å². The van der Waals surface area contributed by atoms with Gasteiger partial charge in [-0.05, 0) is 49.8 Å². The van der Waals surface area contributed by atoms with Gasteiger partial charge in [-0.15, -0.1) is 0 Å². The molecule has 2 heterocycles. The molecule has 2 aliphatic heterocycles. The lowest BCUT2D eigenvalue weighted by Crippen LogP contribution is -2.48. The predicted molar refractivity (Wildman–Crippen MR) is 98.9 cm³/mol. The second-order valence-corrected chi connectivity index (χ2v) is 7.94. The molecule has 3 rings (SSSR count). The van der Waals surface area contributed by atoms with Gasteiger partial charge < -0.3 is 10.2 Å². The Hall–Kier alpha value is -2.08. The molecule has 0 radical (unpaired) electrons. The maximum absolute atomic E-state index is 12.8. The van der Waals surface area contributed by atoms with E-state index in [1.807, 2.05) is 30.0 Å². The Balaban J connectivity index is 1.56. The van der Waals surface area contributed by atoms with Gasteiger partial charge in [-0.1, -0.05) is 30.7 Å². The van der Waals surface area contributed by atoms with Crippen molar-refractivity contribution in [1.29, 1.82) is 0 Å². The molecule has 1 aromatic rings. The summed E-state index contributed by atoms with van der Waals surface area (Å²) in [4.78, 5) is 37.9. The van der Waals surface area contributed by atoms with Crippen LogP contribution in [-0.2, 0) is 9.59 Å². The number of rotatable bonds is 4. The summed E-state index contributed by atoms with van der Waals surface area (Å²) in [5, 5.41) is 5.59. The summed E-state index contributed by atoms with van der Waals surface area (Å²) in [5.74, 6) is -0.274. The molecule has 2 fully saturated rings. The van der Waals surface area contributed by atoms with Crippen LogP contribution in [0.15, 0.2) is 24.3 Å². The fraction of sp³-hybridized carbons (Fsp3) is 0.526. The lowest BCUT2D eigenvalue weighted by molar-refractivity contribution is -0.137. The number of amides is 4. The van der Waals surface area contributed by atoms with E-state index >= 15 is 0 Å². The molecular weight excluding hydrogens is 354 g/mol. The maximum Gasteiger partial charge on any atom is 0.322 e. The fourth-order valence-electron chi connectivity index (χ4n) is 3.93. The molecule has 140 valence electrons. The van der Waals surface area contributed by atoms with Crippen molar-refractivity contribution in [3.8, 4) is 0 Å². The first kappa shape index (κ1) is 18.7. The zero-order chi connectivity index (χ0) is 18.9. The zero-order valence-electron chi connectivity index (χ0n) is 15.0. The molecule has 1 aromatic carbocycles. The van der Waals surface area contributed by atoms with E-state index in [1.54, 1.807) is 6.92 Å². The molecule has 4 amide bonds. The highest BCUT2D eigenvalue weighted by atomic mass is 35.5. The predicted octanol–water partition coefficient (Wildman–Crippen LogP) is 2.67. The SMILES string of the molecule is CC(CC1(C)NC(=O)NC1=O)C(=O)N1CCC(c2cccc(Cl)c2)CC1. The molecule has 7 heteroatoms. The number of carbonyl (C=O) groups is 3. The average Bonchev–Trinajstić information content (AvgIpc) is 2.86. The zero-order valence-corrected chi connectivity index (χ0v) is 15.8. The first-order valence-electron chi connectivity index (χ1n) is 8.96. The van der Waals surface area contributed by atoms with Gasteiger partial charge in [0.2, 0.25) is 5.91 Å². The summed E-state index contributed by atoms with van der Waals surface area (Å²) >= 11 is 6.07. The van der Waals surface area contributed by atoms with Crippen LogP contribution in [0.4, 0.5) is 4.79 Å². The highest BCUT2D eigenvalue weighted by molar-refractivity contribution is 6.30. The average molecular weight is 378 g/mol. The van der Waals surface area contributed by atoms with Gasteiger partial charge >= 0.3 is 6.03 Å². The van der Waals surface area contributed by atoms with Crippen molar-refractivity contribution in [2.45, 2.75) is 44.6 Å². The lowest BCUT2D eigenvalue weighted by Gasteiger charge is -2.35. The number of urea groups is 1. The van der Waals surface area contributed by atoms with Gasteiger partial charge in [0.05, 0.1) is 0 Å². The summed E-state index contributed by atoms with van der Waals surface area (Å²) < 4.78 is 0. The molecule has 2 aliphatic rings. The smallest absolute Gasteiger partial charge is 0.322 e. The van der Waals surface area contributed by atoms with E-state index in [0.717, 1.165) is 17.9 Å². The summed E-state index contributed by atoms with van der Waals surface area (Å²) in [6, 6.07) is 7.40. The van der Waals surface area contributed by atoms with Crippen molar-refractivity contribution < 1.29 is 14.4 Å². The largest absolute Gasteiger partial charge is 0.342 e. The van der Waals surface area contributed by atoms with Crippen LogP contribution >= 0.6 is 11.6 Å². The Morgan fingerprint density at radius 3 is 2.62 bits per heavy atom. The number of hydrogen-bond donors (Lipinski definition) is 2. The highest BCUT2D eigenvalue weighted by Gasteiger charge is 2.44. The maximum atomic E-state index is 12.8. The molecular formula is C19H24ClN3O3. The number of hydrogen-bond acceptors (Lipinski definition) is 3. The number of piperidine rings is 1. The number of carbonyl (C=O) groups excluding carboxylic acids is 3. The van der Waals surface area contributed by atoms with Crippen LogP contribution in [0.25, 0.3) is 0 Å². The fourth-order valence-corrected chi connectivity index (χ4v) is 4.13. The van der Waals surface area contributed by atoms with Gasteiger partial charge in [-0.3, -0.25) is 14.9 Å². The molecule has 6 nitrogen and oxygen atoms in total. The quantitative estimate of drug-likeness (QED) is 0.792. The number of nitrogens with zero attached hydrogens (tertiary/aromatic N) is 1. The summed E-state index contributed by atoms with van der Waals surface area (Å²) in [6.45, 7) is 4.85. The molecule has 0 aliphatic carbocycles. The Bertz CT molecular complexity index is 730. The van der Waals surface area contributed by atoms with E-state index in [2.05, 4.69) is 16.7 Å². The summed E-state index contributed by atoms with van der Waals surface area (Å²) in [6.07, 6.45) is 2.08. The Labute approximate surface area is 158 Å². The minimum atomic E-state index is -1.02. The third kappa shape index (κ3) is 3.85. The van der Waals surface area contributed by atoms with Gasteiger partial charge in [0, 0.05) is 24.0 Å². The first-order chi connectivity index (χ1) is 12.3. The van der Waals surface area contributed by atoms with Crippen molar-refractivity contribution >= 4 is 29.4 Å². The molecule has 2 atom stereocenters. The van der Waals surface area contributed by atoms with E-state index in [4.69, 9.17) is 11.6 Å². The second-order valence-electron chi connectivity index (χ2n) is 7.50. The number of imide groups is 1. The van der Waals surface area contributed by atoms with E-state index in [0.29, 0.717) is 19.0 Å². The number of halogens is 1. The van der Waals surface area contributed by atoms with Crippen molar-refractivity contribution in [3.05, 3.63) is 34.9 Å². The standard InChI is InChI=1S/C19H24ClN3O3/c1-12(11-19(2)17(25)21-18(26)22-19)16(24)23-8-6-13(7-9-23)14-4-3-5-15(20)10-14/h3-5,10,12-13H,6-9,11H2,1-2H3,(H2,21,22,25,26). The van der Waals surface area contributed by atoms with E-state index in [1.165, 1.54) is 5.56 Å². The molecule has 2 unspecified atom stereocenters. The molecule has 0 saturated carbocycles. The van der Waals surface area contributed by atoms with Crippen LogP contribution in [0.2, 0.25) is 5.02 Å². The van der Waals surface area contributed by atoms with Crippen LogP contribution in [-0.4, -0.2) is 41.4 Å². The number of likely N-dealkylation sites (tertiary alicyclic amines) is 1. The van der Waals surface area contributed by atoms with Crippen molar-refractivity contribution in [3.63, 3.8) is 0 Å². The first-order valence-corrected chi connectivity index (χ1v) is 9.34. The summed E-state index contributed by atoms with van der Waals surface area (Å²) in [5.41, 5.74) is 0.196. The van der Waals surface area contributed by atoms with Gasteiger partial charge in [0.1, 0.15) is 5.54 Å². The normalized spacial score (nSPS) is 25.0. The molecule has 0 spiro atoms. The van der Waals surface area contributed by atoms with Gasteiger partial charge in [-0.2, -0.15) is 0 Å². The third-order valence-corrected chi connectivity index (χ3v) is 5.62. The van der Waals surface area contributed by atoms with Crippen LogP contribution in [0.1, 0.15) is 44.6 Å². The Morgan fingerprint density at radius 2 is 2.04 bits per heavy atom. The minimum Gasteiger partial charge on any atom is -0.342 e. The van der Waals surface area contributed by atoms with Crippen LogP contribution < -0.4 is 10.6 Å². The van der Waals surface area contributed by atoms with E-state index in [9.17, 15) is 14.4 Å². The highest BCUT2D eigenvalue weighted by Crippen LogP contribution is 2.31. The Kier molecular flexibility index (Phi) is 5.23. The van der Waals surface area contributed by atoms with Gasteiger partial charge in [-0.25, -0.2) is 4.79 Å². The monoisotopic (exact) mass is 377 g/mol. The summed E-state index contributed by atoms with van der Waals surface area (Å²) in [7, 11) is 0. The van der Waals surface area contributed by atoms with E-state index in [-0.39, 0.29) is 24.2 Å². The molecule has 26 heavy (non-hydrogen) atoms. The molecule has 0 bridgehead atoms. The topological polar surface area (TPSA) is 78.5 Å². The van der Waals surface area contributed by atoms with Gasteiger partial charge in [0.25, 0.3) is 5.91 Å². The lowest BCUT2D eigenvalue weighted by atomic mass is 9.87. The molecule has 0 aromatic heterocycles. The minimum absolute atomic E-state index is 0.0321. The van der Waals surface area contributed by atoms with Crippen molar-refractivity contribution in [2.24, 2.45) is 5.92 Å².